The van der Waals surface area contributed by atoms with E-state index in [1.165, 1.54) is 19.2 Å². The third-order valence-electron chi connectivity index (χ3n) is 1.24. The summed E-state index contributed by atoms with van der Waals surface area (Å²) in [5.41, 5.74) is 0.0897. The summed E-state index contributed by atoms with van der Waals surface area (Å²) in [6.45, 7) is 6.62. The zero-order valence-electron chi connectivity index (χ0n) is 6.77. The second-order valence-electron chi connectivity index (χ2n) is 2.37. The maximum atomic E-state index is 11.9. The van der Waals surface area contributed by atoms with Crippen molar-refractivity contribution in [1.29, 1.82) is 0 Å². The topological polar surface area (TPSA) is 12.0 Å². The van der Waals surface area contributed by atoms with Gasteiger partial charge in [-0.3, -0.25) is 0 Å². The van der Waals surface area contributed by atoms with Crippen molar-refractivity contribution in [3.05, 3.63) is 24.4 Å². The highest BCUT2D eigenvalue weighted by molar-refractivity contribution is 5.05. The molecular weight excluding hydrogens is 148 g/mol. The molecule has 0 bridgehead atoms. The van der Waals surface area contributed by atoms with Crippen LogP contribution in [-0.4, -0.2) is 12.5 Å². The Hall–Kier alpha value is -0.860. The second kappa shape index (κ2) is 4.88. The molecule has 3 heteroatoms. The van der Waals surface area contributed by atoms with Crippen LogP contribution in [0.2, 0.25) is 0 Å². The fourth-order valence-electron chi connectivity index (χ4n) is 0.701. The molecule has 64 valence electrons. The predicted molar refractivity (Wildman–Crippen MR) is 42.6 cm³/mol. The van der Waals surface area contributed by atoms with Crippen molar-refractivity contribution in [2.45, 2.75) is 26.3 Å². The number of nitrogens with one attached hydrogen (secondary N) is 1. The Morgan fingerprint density at radius 2 is 2.09 bits per heavy atom. The van der Waals surface area contributed by atoms with Crippen LogP contribution >= 0.6 is 0 Å². The molecule has 0 amide bonds. The minimum absolute atomic E-state index is 0.0819. The molecule has 1 unspecified atom stereocenters. The third-order valence-corrected chi connectivity index (χ3v) is 1.24. The SMILES string of the molecule is C=CNC(C)/C=C(\C)C(F)F. The zero-order chi connectivity index (χ0) is 8.85. The van der Waals surface area contributed by atoms with Crippen LogP contribution in [0.15, 0.2) is 24.4 Å². The van der Waals surface area contributed by atoms with Gasteiger partial charge >= 0.3 is 0 Å². The molecule has 0 radical (unpaired) electrons. The first-order valence-corrected chi connectivity index (χ1v) is 3.41. The van der Waals surface area contributed by atoms with Gasteiger partial charge in [0.25, 0.3) is 6.43 Å². The van der Waals surface area contributed by atoms with Crippen LogP contribution < -0.4 is 5.32 Å². The number of alkyl halides is 2. The molecule has 0 aliphatic heterocycles. The van der Waals surface area contributed by atoms with Gasteiger partial charge in [-0.25, -0.2) is 8.78 Å². The fraction of sp³-hybridized carbons (Fsp3) is 0.500. The van der Waals surface area contributed by atoms with E-state index in [2.05, 4.69) is 11.9 Å². The van der Waals surface area contributed by atoms with Crippen LogP contribution in [0.4, 0.5) is 8.78 Å². The monoisotopic (exact) mass is 161 g/mol. The molecule has 0 fully saturated rings. The summed E-state index contributed by atoms with van der Waals surface area (Å²) in [6, 6.07) is -0.0819. The fourth-order valence-corrected chi connectivity index (χ4v) is 0.701. The van der Waals surface area contributed by atoms with Gasteiger partial charge in [0, 0.05) is 6.04 Å². The lowest BCUT2D eigenvalue weighted by Gasteiger charge is -2.07. The molecule has 1 nitrogen and oxygen atoms in total. The van der Waals surface area contributed by atoms with Gasteiger partial charge in [0.1, 0.15) is 0 Å². The minimum atomic E-state index is -2.36. The lowest BCUT2D eigenvalue weighted by atomic mass is 10.2. The summed E-state index contributed by atoms with van der Waals surface area (Å²) in [6.07, 6.45) is 0.607. The molecule has 0 heterocycles. The summed E-state index contributed by atoms with van der Waals surface area (Å²) in [5.74, 6) is 0. The van der Waals surface area contributed by atoms with E-state index in [0.717, 1.165) is 0 Å². The molecule has 0 spiro atoms. The van der Waals surface area contributed by atoms with E-state index >= 15 is 0 Å². The minimum Gasteiger partial charge on any atom is -0.385 e. The van der Waals surface area contributed by atoms with Gasteiger partial charge in [-0.05, 0) is 25.6 Å². The molecule has 0 rings (SSSR count). The Kier molecular flexibility index (Phi) is 4.50. The number of halogens is 2. The largest absolute Gasteiger partial charge is 0.385 e. The van der Waals surface area contributed by atoms with Crippen molar-refractivity contribution < 1.29 is 8.78 Å². The predicted octanol–water partition coefficient (Wildman–Crippen LogP) is 2.32. The molecule has 0 saturated heterocycles. The molecule has 0 aromatic rings. The van der Waals surface area contributed by atoms with E-state index in [1.54, 1.807) is 6.92 Å². The van der Waals surface area contributed by atoms with Crippen molar-refractivity contribution in [2.75, 3.05) is 0 Å². The maximum Gasteiger partial charge on any atom is 0.259 e. The highest BCUT2D eigenvalue weighted by atomic mass is 19.3. The van der Waals surface area contributed by atoms with Gasteiger partial charge in [0.15, 0.2) is 0 Å². The van der Waals surface area contributed by atoms with Crippen LogP contribution in [0.1, 0.15) is 13.8 Å². The first-order valence-electron chi connectivity index (χ1n) is 3.41. The average Bonchev–Trinajstić information content (AvgIpc) is 1.87. The zero-order valence-corrected chi connectivity index (χ0v) is 6.77. The highest BCUT2D eigenvalue weighted by Gasteiger charge is 2.05. The van der Waals surface area contributed by atoms with Crippen molar-refractivity contribution in [3.8, 4) is 0 Å². The van der Waals surface area contributed by atoms with Crippen LogP contribution in [0, 0.1) is 0 Å². The van der Waals surface area contributed by atoms with Gasteiger partial charge in [-0.15, -0.1) is 0 Å². The Labute approximate surface area is 65.8 Å². The lowest BCUT2D eigenvalue weighted by Crippen LogP contribution is -2.18. The number of allylic oxidation sites excluding steroid dienone is 1. The van der Waals surface area contributed by atoms with E-state index < -0.39 is 6.43 Å². The molecule has 0 aromatic carbocycles. The quantitative estimate of drug-likeness (QED) is 0.624. The summed E-state index contributed by atoms with van der Waals surface area (Å²) >= 11 is 0. The highest BCUT2D eigenvalue weighted by Crippen LogP contribution is 2.07. The Bertz CT molecular complexity index is 152. The van der Waals surface area contributed by atoms with Crippen LogP contribution in [-0.2, 0) is 0 Å². The van der Waals surface area contributed by atoms with Gasteiger partial charge in [-0.2, -0.15) is 0 Å². The van der Waals surface area contributed by atoms with E-state index in [0.29, 0.717) is 0 Å². The molecule has 1 N–H and O–H groups in total. The Morgan fingerprint density at radius 1 is 1.55 bits per heavy atom. The Morgan fingerprint density at radius 3 is 2.45 bits per heavy atom. The Balaban J connectivity index is 3.95. The van der Waals surface area contributed by atoms with E-state index in [9.17, 15) is 8.78 Å². The smallest absolute Gasteiger partial charge is 0.259 e. The molecule has 1 atom stereocenters. The average molecular weight is 161 g/mol. The van der Waals surface area contributed by atoms with Crippen LogP contribution in [0.3, 0.4) is 0 Å². The van der Waals surface area contributed by atoms with Crippen molar-refractivity contribution in [3.63, 3.8) is 0 Å². The van der Waals surface area contributed by atoms with Crippen molar-refractivity contribution in [2.24, 2.45) is 0 Å². The maximum absolute atomic E-state index is 11.9. The molecule has 0 aliphatic carbocycles. The van der Waals surface area contributed by atoms with E-state index in [1.807, 2.05) is 0 Å². The van der Waals surface area contributed by atoms with Crippen LogP contribution in [0.25, 0.3) is 0 Å². The normalized spacial score (nSPS) is 14.8. The lowest BCUT2D eigenvalue weighted by molar-refractivity contribution is 0.189. The molecule has 0 aliphatic rings. The molecular formula is C8H13F2N. The van der Waals surface area contributed by atoms with Gasteiger partial charge in [-0.1, -0.05) is 12.7 Å². The summed E-state index contributed by atoms with van der Waals surface area (Å²) < 4.78 is 23.8. The molecule has 11 heavy (non-hydrogen) atoms. The summed E-state index contributed by atoms with van der Waals surface area (Å²) in [5, 5.41) is 2.79. The first-order chi connectivity index (χ1) is 5.07. The standard InChI is InChI=1S/C8H13F2N/c1-4-11-7(3)5-6(2)8(9)10/h4-5,7-8,11H,1H2,2-3H3/b6-5+. The molecule has 0 saturated carbocycles. The summed E-state index contributed by atoms with van der Waals surface area (Å²) in [4.78, 5) is 0. The van der Waals surface area contributed by atoms with E-state index in [-0.39, 0.29) is 11.6 Å². The summed E-state index contributed by atoms with van der Waals surface area (Å²) in [7, 11) is 0. The third kappa shape index (κ3) is 4.53. The number of rotatable bonds is 4. The number of hydrogen-bond acceptors (Lipinski definition) is 1. The van der Waals surface area contributed by atoms with Crippen molar-refractivity contribution >= 4 is 0 Å². The van der Waals surface area contributed by atoms with Crippen molar-refractivity contribution in [1.82, 2.24) is 5.32 Å². The first kappa shape index (κ1) is 10.1. The number of hydrogen-bond donors (Lipinski definition) is 1. The van der Waals surface area contributed by atoms with Gasteiger partial charge in [0.05, 0.1) is 0 Å². The molecule has 0 aromatic heterocycles. The van der Waals surface area contributed by atoms with Gasteiger partial charge < -0.3 is 5.32 Å². The second-order valence-corrected chi connectivity index (χ2v) is 2.37. The van der Waals surface area contributed by atoms with E-state index in [4.69, 9.17) is 0 Å². The van der Waals surface area contributed by atoms with Gasteiger partial charge in [0.2, 0.25) is 0 Å². The van der Waals surface area contributed by atoms with Crippen LogP contribution in [0.5, 0.6) is 0 Å².